The van der Waals surface area contributed by atoms with Gasteiger partial charge in [-0.2, -0.15) is 0 Å². The van der Waals surface area contributed by atoms with E-state index in [1.165, 1.54) is 11.1 Å². The lowest BCUT2D eigenvalue weighted by Gasteiger charge is -2.23. The average molecular weight is 364 g/mol. The molecule has 3 rings (SSSR count). The van der Waals surface area contributed by atoms with Crippen LogP contribution < -0.4 is 10.2 Å². The monoisotopic (exact) mass is 364 g/mol. The molecular formula is C23H28N2O2. The quantitative estimate of drug-likeness (QED) is 0.828. The van der Waals surface area contributed by atoms with E-state index in [9.17, 15) is 9.59 Å². The number of hydrogen-bond acceptors (Lipinski definition) is 2. The van der Waals surface area contributed by atoms with Crippen molar-refractivity contribution >= 4 is 23.2 Å². The molecule has 27 heavy (non-hydrogen) atoms. The highest BCUT2D eigenvalue weighted by molar-refractivity contribution is 6.04. The highest BCUT2D eigenvalue weighted by Crippen LogP contribution is 2.33. The third-order valence-corrected chi connectivity index (χ3v) is 5.39. The molecule has 142 valence electrons. The van der Waals surface area contributed by atoms with E-state index in [-0.39, 0.29) is 24.2 Å². The second-order valence-corrected chi connectivity index (χ2v) is 7.04. The van der Waals surface area contributed by atoms with Crippen LogP contribution in [0.5, 0.6) is 0 Å². The van der Waals surface area contributed by atoms with Crippen LogP contribution in [0.1, 0.15) is 43.9 Å². The number of benzene rings is 2. The molecule has 0 spiro atoms. The van der Waals surface area contributed by atoms with Crippen molar-refractivity contribution in [2.45, 2.75) is 46.5 Å². The van der Waals surface area contributed by atoms with Crippen LogP contribution in [0.3, 0.4) is 0 Å². The first kappa shape index (κ1) is 19.2. The zero-order chi connectivity index (χ0) is 19.4. The maximum atomic E-state index is 12.8. The number of para-hydroxylation sites is 2. The SMILES string of the molecule is CCc1ccccc1NC(=O)C1CC(=O)N(c2c(CC)cccc2CC)C1. The van der Waals surface area contributed by atoms with Crippen LogP contribution in [0.2, 0.25) is 0 Å². The molecule has 4 nitrogen and oxygen atoms in total. The lowest BCUT2D eigenvalue weighted by Crippen LogP contribution is -2.29. The van der Waals surface area contributed by atoms with Crippen LogP contribution >= 0.6 is 0 Å². The van der Waals surface area contributed by atoms with Crippen molar-refractivity contribution in [2.24, 2.45) is 5.92 Å². The van der Waals surface area contributed by atoms with E-state index in [1.54, 1.807) is 0 Å². The summed E-state index contributed by atoms with van der Waals surface area (Å²) in [4.78, 5) is 27.4. The molecule has 1 fully saturated rings. The average Bonchev–Trinajstić information content (AvgIpc) is 3.09. The Balaban J connectivity index is 1.81. The molecule has 0 saturated carbocycles. The van der Waals surface area contributed by atoms with Crippen LogP contribution in [0.15, 0.2) is 42.5 Å². The number of amides is 2. The number of nitrogens with one attached hydrogen (secondary N) is 1. The minimum atomic E-state index is -0.322. The zero-order valence-corrected chi connectivity index (χ0v) is 16.4. The van der Waals surface area contributed by atoms with E-state index < -0.39 is 0 Å². The Morgan fingerprint density at radius 1 is 0.963 bits per heavy atom. The Bertz CT molecular complexity index is 822. The smallest absolute Gasteiger partial charge is 0.229 e. The molecule has 1 aliphatic heterocycles. The molecule has 4 heteroatoms. The molecule has 0 radical (unpaired) electrons. The van der Waals surface area contributed by atoms with Gasteiger partial charge in [0, 0.05) is 24.3 Å². The first-order chi connectivity index (χ1) is 13.1. The minimum absolute atomic E-state index is 0.0366. The largest absolute Gasteiger partial charge is 0.326 e. The van der Waals surface area contributed by atoms with Gasteiger partial charge in [0.2, 0.25) is 11.8 Å². The predicted molar refractivity (Wildman–Crippen MR) is 110 cm³/mol. The summed E-state index contributed by atoms with van der Waals surface area (Å²) in [6.45, 7) is 6.72. The Morgan fingerprint density at radius 3 is 2.19 bits per heavy atom. The first-order valence-corrected chi connectivity index (χ1v) is 9.88. The number of anilines is 2. The van der Waals surface area contributed by atoms with Crippen LogP contribution in [0.4, 0.5) is 11.4 Å². The highest BCUT2D eigenvalue weighted by atomic mass is 16.2. The van der Waals surface area contributed by atoms with Crippen molar-refractivity contribution in [3.05, 3.63) is 59.2 Å². The molecule has 1 saturated heterocycles. The molecule has 0 bridgehead atoms. The molecule has 0 aliphatic carbocycles. The van der Waals surface area contributed by atoms with Crippen LogP contribution in [-0.2, 0) is 28.9 Å². The molecule has 1 N–H and O–H groups in total. The summed E-state index contributed by atoms with van der Waals surface area (Å²) >= 11 is 0. The Labute approximate surface area is 161 Å². The van der Waals surface area contributed by atoms with Crippen molar-refractivity contribution in [3.63, 3.8) is 0 Å². The summed E-state index contributed by atoms with van der Waals surface area (Å²) in [5.74, 6) is -0.356. The lowest BCUT2D eigenvalue weighted by atomic mass is 10.0. The van der Waals surface area contributed by atoms with Gasteiger partial charge in [-0.15, -0.1) is 0 Å². The fourth-order valence-corrected chi connectivity index (χ4v) is 3.85. The number of carbonyl (C=O) groups is 2. The molecule has 1 unspecified atom stereocenters. The van der Waals surface area contributed by atoms with Gasteiger partial charge in [0.1, 0.15) is 0 Å². The first-order valence-electron chi connectivity index (χ1n) is 9.88. The molecule has 2 aromatic carbocycles. The van der Waals surface area contributed by atoms with Crippen molar-refractivity contribution in [1.82, 2.24) is 0 Å². The van der Waals surface area contributed by atoms with Gasteiger partial charge in [0.15, 0.2) is 0 Å². The maximum Gasteiger partial charge on any atom is 0.229 e. The normalized spacial score (nSPS) is 16.6. The van der Waals surface area contributed by atoms with Crippen LogP contribution in [0, 0.1) is 5.92 Å². The topological polar surface area (TPSA) is 49.4 Å². The van der Waals surface area contributed by atoms with Gasteiger partial charge in [0.05, 0.1) is 5.92 Å². The van der Waals surface area contributed by atoms with Gasteiger partial charge in [-0.25, -0.2) is 0 Å². The van der Waals surface area contributed by atoms with E-state index in [2.05, 4.69) is 38.2 Å². The maximum absolute atomic E-state index is 12.8. The Hall–Kier alpha value is -2.62. The number of nitrogens with zero attached hydrogens (tertiary/aromatic N) is 1. The van der Waals surface area contributed by atoms with Gasteiger partial charge in [0.25, 0.3) is 0 Å². The van der Waals surface area contributed by atoms with Crippen LogP contribution in [-0.4, -0.2) is 18.4 Å². The summed E-state index contributed by atoms with van der Waals surface area (Å²) in [7, 11) is 0. The van der Waals surface area contributed by atoms with E-state index in [0.29, 0.717) is 6.54 Å². The Morgan fingerprint density at radius 2 is 1.56 bits per heavy atom. The van der Waals surface area contributed by atoms with Gasteiger partial charge in [-0.3, -0.25) is 9.59 Å². The van der Waals surface area contributed by atoms with Crippen molar-refractivity contribution < 1.29 is 9.59 Å². The summed E-state index contributed by atoms with van der Waals surface area (Å²) in [5.41, 5.74) is 5.30. The van der Waals surface area contributed by atoms with Gasteiger partial charge in [-0.1, -0.05) is 57.2 Å². The number of rotatable bonds is 6. The zero-order valence-electron chi connectivity index (χ0n) is 16.4. The predicted octanol–water partition coefficient (Wildman–Crippen LogP) is 4.37. The number of hydrogen-bond donors (Lipinski definition) is 1. The Kier molecular flexibility index (Phi) is 5.94. The van der Waals surface area contributed by atoms with Gasteiger partial charge in [-0.05, 0) is 42.0 Å². The molecule has 2 amide bonds. The third-order valence-electron chi connectivity index (χ3n) is 5.39. The fourth-order valence-electron chi connectivity index (χ4n) is 3.85. The molecule has 1 heterocycles. The molecule has 2 aromatic rings. The van der Waals surface area contributed by atoms with Crippen molar-refractivity contribution in [1.29, 1.82) is 0 Å². The summed E-state index contributed by atoms with van der Waals surface area (Å²) in [5, 5.41) is 3.04. The number of aryl methyl sites for hydroxylation is 3. The van der Waals surface area contributed by atoms with E-state index in [1.807, 2.05) is 35.2 Å². The third kappa shape index (κ3) is 3.90. The summed E-state index contributed by atoms with van der Waals surface area (Å²) < 4.78 is 0. The molecule has 1 aliphatic rings. The van der Waals surface area contributed by atoms with E-state index in [4.69, 9.17) is 0 Å². The molecule has 1 atom stereocenters. The molecule has 0 aromatic heterocycles. The fraction of sp³-hybridized carbons (Fsp3) is 0.391. The van der Waals surface area contributed by atoms with Crippen LogP contribution in [0.25, 0.3) is 0 Å². The second-order valence-electron chi connectivity index (χ2n) is 7.04. The van der Waals surface area contributed by atoms with Crippen molar-refractivity contribution in [2.75, 3.05) is 16.8 Å². The van der Waals surface area contributed by atoms with E-state index >= 15 is 0 Å². The minimum Gasteiger partial charge on any atom is -0.326 e. The van der Waals surface area contributed by atoms with Gasteiger partial charge < -0.3 is 10.2 Å². The lowest BCUT2D eigenvalue weighted by molar-refractivity contribution is -0.122. The molecular weight excluding hydrogens is 336 g/mol. The summed E-state index contributed by atoms with van der Waals surface area (Å²) in [6.07, 6.45) is 2.86. The van der Waals surface area contributed by atoms with Crippen molar-refractivity contribution in [3.8, 4) is 0 Å². The van der Waals surface area contributed by atoms with E-state index in [0.717, 1.165) is 36.2 Å². The second kappa shape index (κ2) is 8.38. The highest BCUT2D eigenvalue weighted by Gasteiger charge is 2.36. The standard InChI is InChI=1S/C23H28N2O2/c1-4-16-10-7-8-13-20(16)24-23(27)19-14-21(26)25(15-19)22-17(5-2)11-9-12-18(22)6-3/h7-13,19H,4-6,14-15H2,1-3H3,(H,24,27). The van der Waals surface area contributed by atoms with Gasteiger partial charge >= 0.3 is 0 Å². The number of carbonyl (C=O) groups excluding carboxylic acids is 2. The summed E-state index contributed by atoms with van der Waals surface area (Å²) in [6, 6.07) is 14.0.